The van der Waals surface area contributed by atoms with Crippen molar-refractivity contribution in [2.75, 3.05) is 13.7 Å². The van der Waals surface area contributed by atoms with Crippen molar-refractivity contribution >= 4 is 29.2 Å². The van der Waals surface area contributed by atoms with Crippen LogP contribution >= 0.6 is 23.2 Å². The zero-order chi connectivity index (χ0) is 18.7. The molecular formula is C14H11Cl2F3N2O4. The van der Waals surface area contributed by atoms with E-state index in [2.05, 4.69) is 14.6 Å². The summed E-state index contributed by atoms with van der Waals surface area (Å²) in [5.74, 6) is -1.97. The summed E-state index contributed by atoms with van der Waals surface area (Å²) in [5.41, 5.74) is -0.328. The fourth-order valence-electron chi connectivity index (χ4n) is 1.88. The van der Waals surface area contributed by atoms with Crippen LogP contribution in [0.3, 0.4) is 0 Å². The highest BCUT2D eigenvalue weighted by Gasteiger charge is 2.23. The van der Waals surface area contributed by atoms with Gasteiger partial charge >= 0.3 is 12.6 Å². The summed E-state index contributed by atoms with van der Waals surface area (Å²) in [5, 5.41) is 3.45. The molecule has 0 aliphatic heterocycles. The summed E-state index contributed by atoms with van der Waals surface area (Å²) in [7, 11) is 2.47. The Morgan fingerprint density at radius 2 is 2.04 bits per heavy atom. The van der Waals surface area contributed by atoms with Crippen LogP contribution in [-0.4, -0.2) is 36.1 Å². The molecule has 25 heavy (non-hydrogen) atoms. The Morgan fingerprint density at radius 1 is 1.36 bits per heavy atom. The van der Waals surface area contributed by atoms with Crippen LogP contribution in [0.25, 0.3) is 11.3 Å². The second-order valence-corrected chi connectivity index (χ2v) is 5.38. The number of rotatable bonds is 6. The maximum absolute atomic E-state index is 14.2. The van der Waals surface area contributed by atoms with Gasteiger partial charge in [-0.05, 0) is 12.1 Å². The largest absolute Gasteiger partial charge is 0.480 e. The third-order valence-electron chi connectivity index (χ3n) is 2.99. The first-order valence-corrected chi connectivity index (χ1v) is 7.36. The van der Waals surface area contributed by atoms with E-state index in [1.807, 2.05) is 0 Å². The number of carbonyl (C=O) groups excluding carboxylic acids is 1. The molecule has 0 fully saturated rings. The minimum absolute atomic E-state index is 0.0403. The Balaban J connectivity index is 2.44. The lowest BCUT2D eigenvalue weighted by molar-refractivity contribution is -0.142. The predicted molar refractivity (Wildman–Crippen MR) is 82.8 cm³/mol. The molecule has 0 aliphatic carbocycles. The van der Waals surface area contributed by atoms with Crippen LogP contribution in [0, 0.1) is 5.82 Å². The highest BCUT2D eigenvalue weighted by molar-refractivity contribution is 6.34. The van der Waals surface area contributed by atoms with Gasteiger partial charge in [0.15, 0.2) is 6.61 Å². The molecule has 0 unspecified atom stereocenters. The zero-order valence-electron chi connectivity index (χ0n) is 12.9. The van der Waals surface area contributed by atoms with E-state index in [4.69, 9.17) is 27.9 Å². The van der Waals surface area contributed by atoms with E-state index in [-0.39, 0.29) is 27.1 Å². The second kappa shape index (κ2) is 7.83. The van der Waals surface area contributed by atoms with Gasteiger partial charge in [-0.2, -0.15) is 13.9 Å². The normalized spacial score (nSPS) is 10.9. The summed E-state index contributed by atoms with van der Waals surface area (Å²) < 4.78 is 53.8. The number of carbonyl (C=O) groups is 1. The Labute approximate surface area is 150 Å². The molecule has 0 radical (unpaired) electrons. The average molecular weight is 399 g/mol. The number of hydrogen-bond acceptors (Lipinski definition) is 5. The van der Waals surface area contributed by atoms with Crippen LogP contribution in [0.15, 0.2) is 12.1 Å². The molecule has 0 N–H and O–H groups in total. The van der Waals surface area contributed by atoms with Crippen molar-refractivity contribution in [1.82, 2.24) is 9.78 Å². The van der Waals surface area contributed by atoms with Gasteiger partial charge in [0.05, 0.1) is 12.1 Å². The molecule has 0 bridgehead atoms. The van der Waals surface area contributed by atoms with E-state index in [0.29, 0.717) is 0 Å². The van der Waals surface area contributed by atoms with Crippen LogP contribution < -0.4 is 9.47 Å². The number of benzene rings is 1. The van der Waals surface area contributed by atoms with Crippen LogP contribution in [0.5, 0.6) is 11.6 Å². The average Bonchev–Trinajstić information content (AvgIpc) is 2.81. The lowest BCUT2D eigenvalue weighted by Gasteiger charge is -2.09. The summed E-state index contributed by atoms with van der Waals surface area (Å²) in [6.45, 7) is -3.59. The van der Waals surface area contributed by atoms with Crippen molar-refractivity contribution in [3.8, 4) is 22.9 Å². The van der Waals surface area contributed by atoms with E-state index in [9.17, 15) is 18.0 Å². The quantitative estimate of drug-likeness (QED) is 0.694. The van der Waals surface area contributed by atoms with Gasteiger partial charge in [0.1, 0.15) is 22.3 Å². The molecule has 0 saturated heterocycles. The van der Waals surface area contributed by atoms with Gasteiger partial charge in [-0.1, -0.05) is 23.2 Å². The lowest BCUT2D eigenvalue weighted by Crippen LogP contribution is -2.12. The number of hydrogen-bond donors (Lipinski definition) is 0. The lowest BCUT2D eigenvalue weighted by atomic mass is 10.1. The van der Waals surface area contributed by atoms with Gasteiger partial charge in [0, 0.05) is 12.6 Å². The number of halogens is 5. The fourth-order valence-corrected chi connectivity index (χ4v) is 2.40. The first-order valence-electron chi connectivity index (χ1n) is 6.61. The van der Waals surface area contributed by atoms with Crippen LogP contribution in [0.4, 0.5) is 13.2 Å². The van der Waals surface area contributed by atoms with Crippen LogP contribution in [-0.2, 0) is 16.6 Å². The summed E-state index contributed by atoms with van der Waals surface area (Å²) >= 11 is 11.8. The molecule has 0 spiro atoms. The van der Waals surface area contributed by atoms with Gasteiger partial charge in [0.2, 0.25) is 5.88 Å². The van der Waals surface area contributed by atoms with Gasteiger partial charge in [-0.15, -0.1) is 0 Å². The summed E-state index contributed by atoms with van der Waals surface area (Å²) in [4.78, 5) is 11.1. The Bertz CT molecular complexity index is 799. The Kier molecular flexibility index (Phi) is 6.02. The van der Waals surface area contributed by atoms with E-state index in [1.54, 1.807) is 0 Å². The van der Waals surface area contributed by atoms with Gasteiger partial charge in [0.25, 0.3) is 0 Å². The van der Waals surface area contributed by atoms with Crippen molar-refractivity contribution in [2.24, 2.45) is 7.05 Å². The zero-order valence-corrected chi connectivity index (χ0v) is 14.4. The van der Waals surface area contributed by atoms with Gasteiger partial charge < -0.3 is 14.2 Å². The molecule has 2 aromatic rings. The van der Waals surface area contributed by atoms with E-state index in [1.165, 1.54) is 14.2 Å². The second-order valence-electron chi connectivity index (χ2n) is 4.60. The van der Waals surface area contributed by atoms with E-state index >= 15 is 0 Å². The molecule has 0 aliphatic rings. The summed E-state index contributed by atoms with van der Waals surface area (Å²) in [6.07, 6.45) is 0. The molecule has 136 valence electrons. The van der Waals surface area contributed by atoms with E-state index in [0.717, 1.165) is 16.8 Å². The molecule has 1 aromatic heterocycles. The maximum atomic E-state index is 14.2. The predicted octanol–water partition coefficient (Wildman–Crippen LogP) is 3.69. The molecule has 0 amide bonds. The van der Waals surface area contributed by atoms with Crippen molar-refractivity contribution in [3.05, 3.63) is 28.0 Å². The number of alkyl halides is 2. The first-order chi connectivity index (χ1) is 11.7. The minimum Gasteiger partial charge on any atom is -0.480 e. The number of aromatic nitrogens is 2. The van der Waals surface area contributed by atoms with Crippen molar-refractivity contribution in [1.29, 1.82) is 0 Å². The highest BCUT2D eigenvalue weighted by atomic mass is 35.5. The van der Waals surface area contributed by atoms with Crippen molar-refractivity contribution < 1.29 is 32.2 Å². The molecule has 0 saturated carbocycles. The van der Waals surface area contributed by atoms with Crippen LogP contribution in [0.2, 0.25) is 10.0 Å². The Hall–Kier alpha value is -2.13. The number of nitrogens with zero attached hydrogens (tertiary/aromatic N) is 2. The minimum atomic E-state index is -3.13. The molecule has 6 nitrogen and oxygen atoms in total. The Morgan fingerprint density at radius 3 is 2.64 bits per heavy atom. The number of ether oxygens (including phenoxy) is 3. The number of esters is 1. The highest BCUT2D eigenvalue weighted by Crippen LogP contribution is 2.39. The SMILES string of the molecule is COC(=O)COc1cc(-c2nn(C)c(OC(F)F)c2Cl)c(F)cc1Cl. The number of aryl methyl sites for hydroxylation is 1. The third-order valence-corrected chi connectivity index (χ3v) is 3.63. The monoisotopic (exact) mass is 398 g/mol. The topological polar surface area (TPSA) is 62.6 Å². The number of methoxy groups -OCH3 is 1. The smallest absolute Gasteiger partial charge is 0.388 e. The molecule has 11 heteroatoms. The van der Waals surface area contributed by atoms with Gasteiger partial charge in [-0.25, -0.2) is 13.9 Å². The molecule has 0 atom stereocenters. The van der Waals surface area contributed by atoms with Crippen LogP contribution in [0.1, 0.15) is 0 Å². The summed E-state index contributed by atoms with van der Waals surface area (Å²) in [6, 6.07) is 2.06. The molecule has 1 aromatic carbocycles. The standard InChI is InChI=1S/C14H11Cl2F3N2O4/c1-21-13(25-14(18)19)11(16)12(20-21)6-3-9(7(15)4-8(6)17)24-5-10(22)23-2/h3-4,14H,5H2,1-2H3. The fraction of sp³-hybridized carbons (Fsp3) is 0.286. The molecule has 1 heterocycles. The van der Waals surface area contributed by atoms with Crippen molar-refractivity contribution in [2.45, 2.75) is 6.61 Å². The van der Waals surface area contributed by atoms with Gasteiger partial charge in [-0.3, -0.25) is 0 Å². The maximum Gasteiger partial charge on any atom is 0.388 e. The van der Waals surface area contributed by atoms with Crippen molar-refractivity contribution in [3.63, 3.8) is 0 Å². The third kappa shape index (κ3) is 4.29. The first kappa shape index (κ1) is 19.2. The molecular weight excluding hydrogens is 388 g/mol. The van der Waals surface area contributed by atoms with E-state index < -0.39 is 30.9 Å². The molecule has 2 rings (SSSR count).